The zero-order valence-electron chi connectivity index (χ0n) is 13.0. The van der Waals surface area contributed by atoms with Gasteiger partial charge in [0.2, 0.25) is 17.1 Å². The van der Waals surface area contributed by atoms with Crippen LogP contribution in [0.2, 0.25) is 0 Å². The highest BCUT2D eigenvalue weighted by Crippen LogP contribution is 2.65. The molecule has 1 N–H and O–H groups in total. The van der Waals surface area contributed by atoms with Gasteiger partial charge in [0.05, 0.1) is 24.1 Å². The molecule has 0 amide bonds. The summed E-state index contributed by atoms with van der Waals surface area (Å²) in [6.45, 7) is 1.77. The summed E-state index contributed by atoms with van der Waals surface area (Å²) >= 11 is 0. The maximum absolute atomic E-state index is 10.00. The quantitative estimate of drug-likeness (QED) is 0.748. The fourth-order valence-corrected chi connectivity index (χ4v) is 4.42. The molecule has 0 spiro atoms. The predicted octanol–water partition coefficient (Wildman–Crippen LogP) is 2.79. The lowest BCUT2D eigenvalue weighted by molar-refractivity contribution is -0.270. The van der Waals surface area contributed by atoms with Crippen LogP contribution in [0.15, 0.2) is 12.2 Å². The third-order valence-electron chi connectivity index (χ3n) is 5.48. The van der Waals surface area contributed by atoms with Crippen LogP contribution in [0.25, 0.3) is 0 Å². The zero-order valence-corrected chi connectivity index (χ0v) is 13.0. The lowest BCUT2D eigenvalue weighted by Gasteiger charge is -2.48. The second kappa shape index (κ2) is 5.08. The highest BCUT2D eigenvalue weighted by Gasteiger charge is 2.79. The summed E-state index contributed by atoms with van der Waals surface area (Å²) in [6.07, 6.45) is 6.37. The third kappa shape index (κ3) is 1.61. The van der Waals surface area contributed by atoms with E-state index < -0.39 is 28.6 Å². The summed E-state index contributed by atoms with van der Waals surface area (Å²) in [7, 11) is 0. The Bertz CT molecular complexity index is 681. The minimum Gasteiger partial charge on any atom is -0.447 e. The molecule has 2 bridgehead atoms. The van der Waals surface area contributed by atoms with Crippen LogP contribution in [0.4, 0.5) is 0 Å². The molecular formula is C17H18N4O2. The third-order valence-corrected chi connectivity index (χ3v) is 5.48. The van der Waals surface area contributed by atoms with Gasteiger partial charge in [-0.25, -0.2) is 0 Å². The number of nitrogens with zero attached hydrogens (tertiary/aromatic N) is 3. The van der Waals surface area contributed by atoms with Gasteiger partial charge in [0.1, 0.15) is 6.10 Å². The average Bonchev–Trinajstić information content (AvgIpc) is 2.69. The molecule has 0 aromatic carbocycles. The number of nitriles is 3. The van der Waals surface area contributed by atoms with E-state index in [9.17, 15) is 15.8 Å². The summed E-state index contributed by atoms with van der Waals surface area (Å²) in [6, 6.07) is 6.20. The lowest BCUT2D eigenvalue weighted by Crippen LogP contribution is -2.61. The minimum atomic E-state index is -1.78. The number of hydrogen-bond donors (Lipinski definition) is 1. The summed E-state index contributed by atoms with van der Waals surface area (Å²) in [5, 5.41) is 38.0. The molecule has 3 aliphatic rings. The molecule has 4 unspecified atom stereocenters. The zero-order chi connectivity index (χ0) is 16.7. The molecule has 118 valence electrons. The van der Waals surface area contributed by atoms with Crippen molar-refractivity contribution in [3.63, 3.8) is 0 Å². The van der Waals surface area contributed by atoms with Crippen LogP contribution in [0.5, 0.6) is 0 Å². The van der Waals surface area contributed by atoms with Crippen molar-refractivity contribution in [2.75, 3.05) is 0 Å². The van der Waals surface area contributed by atoms with Crippen molar-refractivity contribution < 1.29 is 9.47 Å². The molecule has 6 nitrogen and oxygen atoms in total. The van der Waals surface area contributed by atoms with E-state index in [2.05, 4.69) is 6.07 Å². The van der Waals surface area contributed by atoms with Gasteiger partial charge in [-0.05, 0) is 19.8 Å². The first-order chi connectivity index (χ1) is 11.1. The summed E-state index contributed by atoms with van der Waals surface area (Å²) < 4.78 is 11.9. The van der Waals surface area contributed by atoms with Gasteiger partial charge < -0.3 is 9.47 Å². The molecule has 3 fully saturated rings. The second-order valence-corrected chi connectivity index (χ2v) is 6.41. The Labute approximate surface area is 135 Å². The number of allylic oxidation sites excluding steroid dienone is 1. The lowest BCUT2D eigenvalue weighted by atomic mass is 9.53. The maximum Gasteiger partial charge on any atom is 0.217 e. The van der Waals surface area contributed by atoms with Crippen molar-refractivity contribution in [3.8, 4) is 18.2 Å². The number of hydrogen-bond acceptors (Lipinski definition) is 6. The summed E-state index contributed by atoms with van der Waals surface area (Å²) in [5.41, 5.74) is -3.36. The Kier molecular flexibility index (Phi) is 3.43. The average molecular weight is 310 g/mol. The fourth-order valence-electron chi connectivity index (χ4n) is 4.42. The van der Waals surface area contributed by atoms with Gasteiger partial charge >= 0.3 is 0 Å². The van der Waals surface area contributed by atoms with Gasteiger partial charge in [-0.2, -0.15) is 15.8 Å². The molecule has 4 atom stereocenters. The highest BCUT2D eigenvalue weighted by molar-refractivity contribution is 5.89. The van der Waals surface area contributed by atoms with Crippen LogP contribution in [-0.2, 0) is 9.47 Å². The number of nitrogens with one attached hydrogen (secondary N) is 1. The minimum absolute atomic E-state index is 0.290. The monoisotopic (exact) mass is 310 g/mol. The van der Waals surface area contributed by atoms with Crippen molar-refractivity contribution in [2.24, 2.45) is 16.7 Å². The van der Waals surface area contributed by atoms with Gasteiger partial charge in [-0.15, -0.1) is 0 Å². The Hall–Kier alpha value is -2.36. The Morgan fingerprint density at radius 3 is 2.52 bits per heavy atom. The number of rotatable bonds is 1. The molecule has 1 saturated carbocycles. The van der Waals surface area contributed by atoms with Crippen LogP contribution in [0, 0.1) is 56.2 Å². The molecule has 2 saturated heterocycles. The molecule has 0 aromatic rings. The van der Waals surface area contributed by atoms with E-state index in [1.807, 2.05) is 12.1 Å². The normalized spacial score (nSPS) is 41.0. The molecule has 6 heteroatoms. The van der Waals surface area contributed by atoms with Crippen molar-refractivity contribution in [3.05, 3.63) is 12.2 Å². The van der Waals surface area contributed by atoms with Crippen LogP contribution >= 0.6 is 0 Å². The van der Waals surface area contributed by atoms with E-state index in [-0.39, 0.29) is 5.90 Å². The molecule has 0 aromatic heterocycles. The van der Waals surface area contributed by atoms with Gasteiger partial charge in [0.15, 0.2) is 5.41 Å². The van der Waals surface area contributed by atoms with E-state index in [1.54, 1.807) is 19.1 Å². The molecule has 23 heavy (non-hydrogen) atoms. The van der Waals surface area contributed by atoms with E-state index >= 15 is 0 Å². The smallest absolute Gasteiger partial charge is 0.217 e. The standard InChI is InChI=1S/C17H18N4O2/c1-2-6-13-15(9-18,10-19)16(11-20)12-7-4-3-5-8-17(12,22-13)23-14(16)21/h2,6,12-13,21H,3-5,7-8H2,1H3. The van der Waals surface area contributed by atoms with E-state index in [0.29, 0.717) is 12.8 Å². The fraction of sp³-hybridized carbons (Fsp3) is 0.647. The van der Waals surface area contributed by atoms with E-state index in [4.69, 9.17) is 14.9 Å². The van der Waals surface area contributed by atoms with E-state index in [1.165, 1.54) is 0 Å². The molecule has 3 rings (SSSR count). The molecular weight excluding hydrogens is 292 g/mol. The van der Waals surface area contributed by atoms with Crippen molar-refractivity contribution in [1.82, 2.24) is 0 Å². The Morgan fingerprint density at radius 2 is 1.91 bits per heavy atom. The van der Waals surface area contributed by atoms with Crippen LogP contribution in [-0.4, -0.2) is 17.8 Å². The van der Waals surface area contributed by atoms with Crippen molar-refractivity contribution >= 4 is 5.90 Å². The van der Waals surface area contributed by atoms with Crippen molar-refractivity contribution in [2.45, 2.75) is 50.9 Å². The van der Waals surface area contributed by atoms with Gasteiger partial charge in [0, 0.05) is 6.42 Å². The number of ether oxygens (including phenoxy) is 2. The van der Waals surface area contributed by atoms with Gasteiger partial charge in [0.25, 0.3) is 0 Å². The maximum atomic E-state index is 10.00. The molecule has 0 radical (unpaired) electrons. The summed E-state index contributed by atoms with van der Waals surface area (Å²) in [5.74, 6) is -1.82. The first kappa shape index (κ1) is 15.5. The van der Waals surface area contributed by atoms with Crippen LogP contribution < -0.4 is 0 Å². The predicted molar refractivity (Wildman–Crippen MR) is 79.5 cm³/mol. The van der Waals surface area contributed by atoms with Gasteiger partial charge in [-0.1, -0.05) is 25.0 Å². The van der Waals surface area contributed by atoms with Crippen LogP contribution in [0.1, 0.15) is 39.0 Å². The van der Waals surface area contributed by atoms with Crippen molar-refractivity contribution in [1.29, 1.82) is 21.2 Å². The first-order valence-corrected chi connectivity index (χ1v) is 7.89. The van der Waals surface area contributed by atoms with E-state index in [0.717, 1.165) is 19.3 Å². The Balaban J connectivity index is 2.30. The topological polar surface area (TPSA) is 114 Å². The SMILES string of the molecule is CC=CC1OC23CCCCCC2C(C#N)(C(=N)O3)C1(C#N)C#N. The molecule has 1 aliphatic carbocycles. The Morgan fingerprint density at radius 1 is 1.17 bits per heavy atom. The van der Waals surface area contributed by atoms with Gasteiger partial charge in [-0.3, -0.25) is 5.41 Å². The molecule has 2 aliphatic heterocycles. The highest BCUT2D eigenvalue weighted by atomic mass is 16.7. The molecule has 2 heterocycles. The van der Waals surface area contributed by atoms with Crippen LogP contribution in [0.3, 0.4) is 0 Å². The first-order valence-electron chi connectivity index (χ1n) is 7.89. The second-order valence-electron chi connectivity index (χ2n) is 6.41. The largest absolute Gasteiger partial charge is 0.447 e. The summed E-state index contributed by atoms with van der Waals surface area (Å²) in [4.78, 5) is 0.